The van der Waals surface area contributed by atoms with Crippen LogP contribution >= 0.6 is 0 Å². The van der Waals surface area contributed by atoms with Gasteiger partial charge >= 0.3 is 0 Å². The number of carbonyl (C=O) groups is 1. The molecule has 9 nitrogen and oxygen atoms in total. The number of nitrogens with zero attached hydrogens (tertiary/aromatic N) is 5. The normalized spacial score (nSPS) is 17.2. The molecule has 2 aromatic heterocycles. The molecule has 0 spiro atoms. The quantitative estimate of drug-likeness (QED) is 0.351. The first-order valence-corrected chi connectivity index (χ1v) is 14.4. The Morgan fingerprint density at radius 3 is 2.67 bits per heavy atom. The van der Waals surface area contributed by atoms with Gasteiger partial charge in [-0.25, -0.2) is 0 Å². The highest BCUT2D eigenvalue weighted by molar-refractivity contribution is 6.19. The second kappa shape index (κ2) is 9.76. The van der Waals surface area contributed by atoms with Gasteiger partial charge in [0.1, 0.15) is 0 Å². The van der Waals surface area contributed by atoms with E-state index in [9.17, 15) is 4.79 Å². The largest absolute Gasteiger partial charge is 0.348 e. The molecule has 2 N–H and O–H groups in total. The summed E-state index contributed by atoms with van der Waals surface area (Å²) >= 11 is 0. The molecule has 1 amide bonds. The van der Waals surface area contributed by atoms with E-state index in [1.165, 1.54) is 22.0 Å². The topological polar surface area (TPSA) is 79.6 Å². The van der Waals surface area contributed by atoms with Crippen LogP contribution in [0.4, 0.5) is 0 Å². The lowest BCUT2D eigenvalue weighted by Crippen LogP contribution is -2.46. The summed E-state index contributed by atoms with van der Waals surface area (Å²) in [6, 6.07) is 6.53. The zero-order valence-corrected chi connectivity index (χ0v) is 23.6. The highest BCUT2D eigenvalue weighted by atomic mass is 16.6. The van der Waals surface area contributed by atoms with Crippen LogP contribution in [0.2, 0.25) is 0 Å². The van der Waals surface area contributed by atoms with Gasteiger partial charge in [0.2, 0.25) is 0 Å². The third-order valence-electron chi connectivity index (χ3n) is 9.07. The van der Waals surface area contributed by atoms with Gasteiger partial charge in [-0.15, -0.1) is 0 Å². The average molecular weight is 540 g/mol. The fourth-order valence-electron chi connectivity index (χ4n) is 7.09. The van der Waals surface area contributed by atoms with Crippen molar-refractivity contribution in [3.63, 3.8) is 0 Å². The molecule has 9 heteroatoms. The summed E-state index contributed by atoms with van der Waals surface area (Å²) < 4.78 is 4.41. The van der Waals surface area contributed by atoms with Crippen LogP contribution in [0.1, 0.15) is 39.7 Å². The summed E-state index contributed by atoms with van der Waals surface area (Å²) in [6.45, 7) is 14.4. The van der Waals surface area contributed by atoms with E-state index < -0.39 is 0 Å². The third kappa shape index (κ3) is 3.87. The summed E-state index contributed by atoms with van der Waals surface area (Å²) in [7, 11) is 3.56. The van der Waals surface area contributed by atoms with E-state index in [-0.39, 0.29) is 5.91 Å². The molecule has 208 valence electrons. The number of rotatable bonds is 7. The highest BCUT2D eigenvalue weighted by Crippen LogP contribution is 2.47. The zero-order chi connectivity index (χ0) is 27.5. The number of likely N-dealkylation sites (N-methyl/N-ethyl adjacent to an activating group) is 1. The van der Waals surface area contributed by atoms with Crippen LogP contribution in [0, 0.1) is 0 Å². The second-order valence-electron chi connectivity index (χ2n) is 11.2. The van der Waals surface area contributed by atoms with Crippen molar-refractivity contribution < 1.29 is 9.63 Å². The molecule has 0 atom stereocenters. The van der Waals surface area contributed by atoms with Gasteiger partial charge in [-0.1, -0.05) is 19.6 Å². The molecule has 0 unspecified atom stereocenters. The summed E-state index contributed by atoms with van der Waals surface area (Å²) in [5.41, 5.74) is 13.5. The standard InChI is InChI=1S/C31H37N7O2/c1-5-36-10-12-37(13-11-36)14-15-38-26-9-6-20(19(2)34-40-4)16-22(26)28-23-17-32-31(39)29(23)27-21(30(28)38)7-8-25-24(27)18-35(3)33-25/h6,9,16,18,34H,2,5,7-8,10-15,17H2,1,3-4H3,(H,32,39). The SMILES string of the molecule is C=C(NOC)c1ccc2c(c1)c1c3c(c4c(c1n2CCN1CCN(CC)CC1)CCc1nn(C)cc1-4)C(=O)NC3. The number of fused-ring (bicyclic) bond motifs is 10. The van der Waals surface area contributed by atoms with Gasteiger partial charge in [0, 0.05) is 92.0 Å². The Labute approximate surface area is 234 Å². The highest BCUT2D eigenvalue weighted by Gasteiger charge is 2.35. The van der Waals surface area contributed by atoms with Crippen molar-refractivity contribution in [3.8, 4) is 11.1 Å². The van der Waals surface area contributed by atoms with Crippen molar-refractivity contribution in [2.45, 2.75) is 32.9 Å². The summed E-state index contributed by atoms with van der Waals surface area (Å²) in [5.74, 6) is 0.0150. The Morgan fingerprint density at radius 2 is 1.90 bits per heavy atom. The minimum atomic E-state index is 0.0150. The molecule has 4 heterocycles. The van der Waals surface area contributed by atoms with Crippen molar-refractivity contribution in [1.29, 1.82) is 0 Å². The minimum Gasteiger partial charge on any atom is -0.348 e. The van der Waals surface area contributed by atoms with Gasteiger partial charge < -0.3 is 14.8 Å². The van der Waals surface area contributed by atoms with Crippen LogP contribution in [-0.2, 0) is 37.8 Å². The maximum atomic E-state index is 13.4. The number of hydrogen-bond donors (Lipinski definition) is 2. The fourth-order valence-corrected chi connectivity index (χ4v) is 7.09. The lowest BCUT2D eigenvalue weighted by molar-refractivity contribution is 0.0966. The minimum absolute atomic E-state index is 0.0150. The van der Waals surface area contributed by atoms with Gasteiger partial charge in [-0.2, -0.15) is 5.10 Å². The van der Waals surface area contributed by atoms with E-state index in [4.69, 9.17) is 9.94 Å². The van der Waals surface area contributed by atoms with Crippen LogP contribution in [0.15, 0.2) is 31.0 Å². The third-order valence-corrected chi connectivity index (χ3v) is 9.07. The maximum absolute atomic E-state index is 13.4. The fraction of sp³-hybridized carbons (Fsp3) is 0.419. The van der Waals surface area contributed by atoms with E-state index in [2.05, 4.69) is 63.1 Å². The van der Waals surface area contributed by atoms with Gasteiger partial charge in [0.05, 0.1) is 29.6 Å². The number of benzene rings is 2. The van der Waals surface area contributed by atoms with E-state index in [1.807, 2.05) is 11.7 Å². The lowest BCUT2D eigenvalue weighted by Gasteiger charge is -2.34. The Balaban J connectivity index is 1.45. The van der Waals surface area contributed by atoms with Gasteiger partial charge in [-0.3, -0.25) is 24.7 Å². The molecule has 40 heavy (non-hydrogen) atoms. The summed E-state index contributed by atoms with van der Waals surface area (Å²) in [5, 5.41) is 10.2. The molecule has 3 aliphatic rings. The van der Waals surface area contributed by atoms with Crippen molar-refractivity contribution in [1.82, 2.24) is 34.9 Å². The molecule has 4 aromatic rings. The number of hydrogen-bond acceptors (Lipinski definition) is 6. The van der Waals surface area contributed by atoms with Crippen LogP contribution in [0.25, 0.3) is 38.6 Å². The summed E-state index contributed by atoms with van der Waals surface area (Å²) in [6.07, 6.45) is 3.83. The van der Waals surface area contributed by atoms with Crippen LogP contribution in [0.5, 0.6) is 0 Å². The molecule has 2 aromatic carbocycles. The smallest absolute Gasteiger partial charge is 0.252 e. The Morgan fingerprint density at radius 1 is 1.10 bits per heavy atom. The first-order chi connectivity index (χ1) is 19.5. The predicted molar refractivity (Wildman–Crippen MR) is 158 cm³/mol. The molecular weight excluding hydrogens is 502 g/mol. The molecule has 0 bridgehead atoms. The van der Waals surface area contributed by atoms with Crippen molar-refractivity contribution >= 4 is 33.4 Å². The number of piperazine rings is 1. The monoisotopic (exact) mass is 539 g/mol. The second-order valence-corrected chi connectivity index (χ2v) is 11.2. The first kappa shape index (κ1) is 25.3. The van der Waals surface area contributed by atoms with Crippen molar-refractivity contribution in [3.05, 3.63) is 58.9 Å². The van der Waals surface area contributed by atoms with Gasteiger partial charge in [0.15, 0.2) is 0 Å². The maximum Gasteiger partial charge on any atom is 0.252 e. The molecular formula is C31H37N7O2. The van der Waals surface area contributed by atoms with E-state index in [0.29, 0.717) is 12.2 Å². The van der Waals surface area contributed by atoms with E-state index in [0.717, 1.165) is 97.6 Å². The van der Waals surface area contributed by atoms with E-state index in [1.54, 1.807) is 7.11 Å². The summed E-state index contributed by atoms with van der Waals surface area (Å²) in [4.78, 5) is 23.7. The molecule has 1 aliphatic carbocycles. The van der Waals surface area contributed by atoms with E-state index >= 15 is 0 Å². The number of aromatic nitrogens is 3. The zero-order valence-electron chi connectivity index (χ0n) is 23.6. The Bertz CT molecular complexity index is 1670. The number of hydroxylamine groups is 1. The van der Waals surface area contributed by atoms with Crippen LogP contribution < -0.4 is 10.8 Å². The molecule has 1 fully saturated rings. The lowest BCUT2D eigenvalue weighted by atomic mass is 9.82. The number of nitrogens with one attached hydrogen (secondary N) is 2. The Kier molecular flexibility index (Phi) is 6.18. The first-order valence-electron chi connectivity index (χ1n) is 14.4. The molecule has 2 aliphatic heterocycles. The number of amides is 1. The average Bonchev–Trinajstić information content (AvgIpc) is 3.64. The van der Waals surface area contributed by atoms with Crippen molar-refractivity contribution in [2.24, 2.45) is 7.05 Å². The molecule has 0 radical (unpaired) electrons. The van der Waals surface area contributed by atoms with Crippen LogP contribution in [0.3, 0.4) is 0 Å². The van der Waals surface area contributed by atoms with Crippen LogP contribution in [-0.4, -0.2) is 76.4 Å². The van der Waals surface area contributed by atoms with Gasteiger partial charge in [0.25, 0.3) is 5.91 Å². The molecule has 1 saturated heterocycles. The Hall–Kier alpha value is -3.66. The molecule has 7 rings (SSSR count). The van der Waals surface area contributed by atoms with Crippen molar-refractivity contribution in [2.75, 3.05) is 46.4 Å². The predicted octanol–water partition coefficient (Wildman–Crippen LogP) is 3.30. The number of aryl methyl sites for hydroxylation is 3. The van der Waals surface area contributed by atoms with Gasteiger partial charge in [-0.05, 0) is 42.6 Å². The number of carbonyl (C=O) groups excluding carboxylic acids is 1. The molecule has 0 saturated carbocycles.